The van der Waals surface area contributed by atoms with Crippen LogP contribution >= 0.6 is 0 Å². The lowest BCUT2D eigenvalue weighted by Gasteiger charge is -2.16. The first kappa shape index (κ1) is 26.8. The molecule has 0 fully saturated rings. The molecule has 2 heterocycles. The highest BCUT2D eigenvalue weighted by Gasteiger charge is 2.19. The van der Waals surface area contributed by atoms with E-state index < -0.39 is 0 Å². The Morgan fingerprint density at radius 1 is 0.447 bits per heavy atom. The van der Waals surface area contributed by atoms with Gasteiger partial charge in [0.05, 0.1) is 11.4 Å². The van der Waals surface area contributed by atoms with Gasteiger partial charge in [0.25, 0.3) is 0 Å². The lowest BCUT2D eigenvalue weighted by molar-refractivity contribution is 0.669. The second-order valence-electron chi connectivity index (χ2n) is 11.6. The molecular weight excluding hydrogens is 578 g/mol. The molecule has 2 aromatic heterocycles. The number of furan rings is 1. The van der Waals surface area contributed by atoms with Gasteiger partial charge in [-0.1, -0.05) is 103 Å². The number of para-hydroxylation sites is 1. The van der Waals surface area contributed by atoms with Gasteiger partial charge in [0.1, 0.15) is 11.2 Å². The summed E-state index contributed by atoms with van der Waals surface area (Å²) in [6, 6.07) is 42.8. The monoisotopic (exact) mass is 603 g/mol. The van der Waals surface area contributed by atoms with Gasteiger partial charge in [-0.2, -0.15) is 0 Å². The van der Waals surface area contributed by atoms with Crippen molar-refractivity contribution in [3.05, 3.63) is 145 Å². The van der Waals surface area contributed by atoms with Crippen LogP contribution in [-0.2, 0) is 0 Å². The van der Waals surface area contributed by atoms with Gasteiger partial charge >= 0.3 is 0 Å². The van der Waals surface area contributed by atoms with Crippen molar-refractivity contribution < 1.29 is 4.42 Å². The molecule has 0 unspecified atom stereocenters. The highest BCUT2D eigenvalue weighted by Crippen LogP contribution is 2.34. The Balaban J connectivity index is 1.21. The zero-order valence-electron chi connectivity index (χ0n) is 25.0. The van der Waals surface area contributed by atoms with Crippen molar-refractivity contribution in [2.24, 2.45) is 0 Å². The zero-order chi connectivity index (χ0) is 31.5. The molecule has 0 atom stereocenters. The molecule has 6 aromatic carbocycles. The topological polar surface area (TPSA) is 99.5 Å². The Kier molecular flexibility index (Phi) is 6.01. The molecule has 0 spiro atoms. The molecule has 9 rings (SSSR count). The second-order valence-corrected chi connectivity index (χ2v) is 11.6. The van der Waals surface area contributed by atoms with Crippen molar-refractivity contribution in [2.45, 2.75) is 0 Å². The summed E-state index contributed by atoms with van der Waals surface area (Å²) < 4.78 is 6.09. The Morgan fingerprint density at radius 2 is 1.06 bits per heavy atom. The quantitative estimate of drug-likeness (QED) is 0.209. The van der Waals surface area contributed by atoms with E-state index in [1.807, 2.05) is 78.9 Å². The molecule has 220 valence electrons. The van der Waals surface area contributed by atoms with E-state index in [9.17, 15) is 0 Å². The van der Waals surface area contributed by atoms with Crippen molar-refractivity contribution >= 4 is 50.2 Å². The largest absolute Gasteiger partial charge is 0.456 e. The van der Waals surface area contributed by atoms with Gasteiger partial charge in [0, 0.05) is 33.0 Å². The fraction of sp³-hybridized carbons (Fsp3) is 0. The van der Waals surface area contributed by atoms with Crippen LogP contribution in [0.15, 0.2) is 138 Å². The summed E-state index contributed by atoms with van der Waals surface area (Å²) in [5, 5.41) is 20.7. The van der Waals surface area contributed by atoms with Crippen LogP contribution in [0.5, 0.6) is 0 Å². The summed E-state index contributed by atoms with van der Waals surface area (Å²) in [4.78, 5) is 15.0. The Morgan fingerprint density at radius 3 is 1.87 bits per heavy atom. The fourth-order valence-corrected chi connectivity index (χ4v) is 6.37. The second kappa shape index (κ2) is 10.5. The van der Waals surface area contributed by atoms with Crippen molar-refractivity contribution in [2.75, 3.05) is 0 Å². The van der Waals surface area contributed by atoms with Crippen LogP contribution in [0.2, 0.25) is 0 Å². The highest BCUT2D eigenvalue weighted by atomic mass is 16.3. The number of fused-ring (bicyclic) bond motifs is 6. The van der Waals surface area contributed by atoms with Gasteiger partial charge in [-0.05, 0) is 63.9 Å². The smallest absolute Gasteiger partial charge is 0.164 e. The summed E-state index contributed by atoms with van der Waals surface area (Å²) in [6.45, 7) is 0. The van der Waals surface area contributed by atoms with Gasteiger partial charge in [0.2, 0.25) is 0 Å². The molecule has 0 saturated carbocycles. The number of rotatable bonds is 4. The van der Waals surface area contributed by atoms with Crippen LogP contribution in [0.3, 0.4) is 0 Å². The molecule has 0 amide bonds. The number of hydrogen-bond acceptors (Lipinski definition) is 6. The zero-order valence-corrected chi connectivity index (χ0v) is 25.0. The maximum Gasteiger partial charge on any atom is 0.164 e. The van der Waals surface area contributed by atoms with E-state index in [4.69, 9.17) is 30.2 Å². The summed E-state index contributed by atoms with van der Waals surface area (Å²) in [5.41, 5.74) is 8.66. The Hall–Kier alpha value is -6.53. The van der Waals surface area contributed by atoms with Crippen LogP contribution in [0.25, 0.3) is 84.1 Å². The maximum atomic E-state index is 8.57. The minimum absolute atomic E-state index is 0.210. The normalized spacial score (nSPS) is 12.7. The molecule has 8 aromatic rings. The molecule has 1 aliphatic carbocycles. The van der Waals surface area contributed by atoms with Gasteiger partial charge in [-0.3, -0.25) is 10.8 Å². The predicted octanol–water partition coefficient (Wildman–Crippen LogP) is 10.0. The highest BCUT2D eigenvalue weighted by molar-refractivity contribution is 6.53. The number of benzene rings is 6. The third-order valence-electron chi connectivity index (χ3n) is 8.78. The Bertz CT molecular complexity index is 2600. The van der Waals surface area contributed by atoms with E-state index in [1.165, 1.54) is 0 Å². The predicted molar refractivity (Wildman–Crippen MR) is 190 cm³/mol. The molecule has 2 N–H and O–H groups in total. The lowest BCUT2D eigenvalue weighted by Crippen LogP contribution is -2.16. The van der Waals surface area contributed by atoms with E-state index in [1.54, 1.807) is 6.08 Å². The van der Waals surface area contributed by atoms with Crippen LogP contribution in [0, 0.1) is 10.8 Å². The third kappa shape index (κ3) is 4.54. The molecule has 0 saturated heterocycles. The first-order valence-electron chi connectivity index (χ1n) is 15.4. The minimum Gasteiger partial charge on any atom is -0.456 e. The molecule has 6 heteroatoms. The SMILES string of the molecule is N=C1C=Cc2ccc3cc(-c4nc(-c5ccc(-c6ccccc6)cc5)nc(-c5ccc6oc7ccccc7c6c5)n4)ccc3c2C1=N. The minimum atomic E-state index is 0.210. The summed E-state index contributed by atoms with van der Waals surface area (Å²) in [7, 11) is 0. The molecule has 0 radical (unpaired) electrons. The summed E-state index contributed by atoms with van der Waals surface area (Å²) in [5.74, 6) is 1.69. The molecule has 0 bridgehead atoms. The van der Waals surface area contributed by atoms with Crippen LogP contribution in [0.4, 0.5) is 0 Å². The van der Waals surface area contributed by atoms with Crippen LogP contribution in [-0.4, -0.2) is 26.4 Å². The van der Waals surface area contributed by atoms with E-state index in [-0.39, 0.29) is 11.4 Å². The van der Waals surface area contributed by atoms with Crippen molar-refractivity contribution in [1.82, 2.24) is 15.0 Å². The first-order valence-corrected chi connectivity index (χ1v) is 15.4. The lowest BCUT2D eigenvalue weighted by atomic mass is 9.89. The number of aromatic nitrogens is 3. The van der Waals surface area contributed by atoms with Crippen molar-refractivity contribution in [3.63, 3.8) is 0 Å². The van der Waals surface area contributed by atoms with Gasteiger partial charge in [0.15, 0.2) is 17.5 Å². The van der Waals surface area contributed by atoms with Crippen molar-refractivity contribution in [1.29, 1.82) is 10.8 Å². The molecular formula is C41H25N5O. The number of hydrogen-bond donors (Lipinski definition) is 2. The Labute approximate surface area is 269 Å². The fourth-order valence-electron chi connectivity index (χ4n) is 6.37. The standard InChI is InChI=1S/C41H25N5O/c42-34-20-17-26-12-15-28-22-29(16-19-31(28)37(26)38(34)43)40-44-39(27-13-10-25(11-14-27)24-6-2-1-3-7-24)45-41(46-40)30-18-21-36-33(23-30)32-8-4-5-9-35(32)47-36/h1-23,42-43H. The molecule has 0 aliphatic heterocycles. The van der Waals surface area contributed by atoms with E-state index in [2.05, 4.69) is 54.6 Å². The molecule has 6 nitrogen and oxygen atoms in total. The number of allylic oxidation sites excluding steroid dienone is 1. The summed E-state index contributed by atoms with van der Waals surface area (Å²) >= 11 is 0. The van der Waals surface area contributed by atoms with Gasteiger partial charge in [-0.15, -0.1) is 0 Å². The molecule has 47 heavy (non-hydrogen) atoms. The van der Waals surface area contributed by atoms with Gasteiger partial charge < -0.3 is 4.42 Å². The first-order chi connectivity index (χ1) is 23.1. The van der Waals surface area contributed by atoms with Crippen LogP contribution < -0.4 is 0 Å². The van der Waals surface area contributed by atoms with E-state index in [0.717, 1.165) is 71.7 Å². The number of nitrogens with zero attached hydrogens (tertiary/aromatic N) is 3. The van der Waals surface area contributed by atoms with Crippen molar-refractivity contribution in [3.8, 4) is 45.3 Å². The van der Waals surface area contributed by atoms with E-state index >= 15 is 0 Å². The summed E-state index contributed by atoms with van der Waals surface area (Å²) in [6.07, 6.45) is 3.57. The average Bonchev–Trinajstić information content (AvgIpc) is 3.51. The van der Waals surface area contributed by atoms with Gasteiger partial charge in [-0.25, -0.2) is 15.0 Å². The molecule has 1 aliphatic rings. The number of nitrogens with one attached hydrogen (secondary N) is 2. The van der Waals surface area contributed by atoms with Crippen LogP contribution in [0.1, 0.15) is 11.1 Å². The average molecular weight is 604 g/mol. The third-order valence-corrected chi connectivity index (χ3v) is 8.78. The van der Waals surface area contributed by atoms with E-state index in [0.29, 0.717) is 17.5 Å². The maximum absolute atomic E-state index is 8.57.